The van der Waals surface area contributed by atoms with Crippen LogP contribution in [-0.2, 0) is 9.84 Å². The van der Waals surface area contributed by atoms with Crippen molar-refractivity contribution in [3.8, 4) is 0 Å². The van der Waals surface area contributed by atoms with Gasteiger partial charge in [0.1, 0.15) is 6.10 Å². The van der Waals surface area contributed by atoms with Gasteiger partial charge >= 0.3 is 0 Å². The molecule has 6 heteroatoms. The summed E-state index contributed by atoms with van der Waals surface area (Å²) < 4.78 is 22.2. The zero-order chi connectivity index (χ0) is 13.3. The molecular formula is C11H14Br2O3S. The van der Waals surface area contributed by atoms with Gasteiger partial charge in [-0.05, 0) is 12.5 Å². The molecule has 1 N–H and O–H groups in total. The smallest absolute Gasteiger partial charge is 0.210 e. The lowest BCUT2D eigenvalue weighted by Crippen LogP contribution is -2.33. The summed E-state index contributed by atoms with van der Waals surface area (Å²) in [6.45, 7) is 3.46. The number of sulfone groups is 1. The van der Waals surface area contributed by atoms with E-state index in [1.165, 1.54) is 6.92 Å². The molecule has 0 aliphatic carbocycles. The first-order valence-corrected chi connectivity index (χ1v) is 8.31. The van der Waals surface area contributed by atoms with E-state index in [2.05, 4.69) is 31.9 Å². The molecule has 1 unspecified atom stereocenters. The van der Waals surface area contributed by atoms with Crippen LogP contribution in [0.25, 0.3) is 0 Å². The molecule has 0 aliphatic heterocycles. The Bertz CT molecular complexity index is 480. The lowest BCUT2D eigenvalue weighted by molar-refractivity contribution is 0.189. The van der Waals surface area contributed by atoms with Crippen molar-refractivity contribution in [1.29, 1.82) is 0 Å². The van der Waals surface area contributed by atoms with Gasteiger partial charge in [-0.15, -0.1) is 0 Å². The highest BCUT2D eigenvalue weighted by Crippen LogP contribution is 2.44. The summed E-state index contributed by atoms with van der Waals surface area (Å²) in [5.74, 6) is -0.0631. The second-order valence-corrected chi connectivity index (χ2v) is 10.8. The molecule has 0 aromatic heterocycles. The summed E-state index contributed by atoms with van der Waals surface area (Å²) in [5.41, 5.74) is 1.59. The number of benzene rings is 1. The van der Waals surface area contributed by atoms with Crippen LogP contribution in [0, 0.1) is 6.92 Å². The predicted molar refractivity (Wildman–Crippen MR) is 76.2 cm³/mol. The number of aryl methyl sites for hydroxylation is 1. The molecule has 96 valence electrons. The Labute approximate surface area is 118 Å². The highest BCUT2D eigenvalue weighted by atomic mass is 79.9. The van der Waals surface area contributed by atoms with Gasteiger partial charge in [0.2, 0.25) is 2.57 Å². The summed E-state index contributed by atoms with van der Waals surface area (Å²) in [7, 11) is -3.47. The molecular weight excluding hydrogens is 372 g/mol. The predicted octanol–water partition coefficient (Wildman–Crippen LogP) is 2.91. The highest BCUT2D eigenvalue weighted by Gasteiger charge is 2.45. The number of aliphatic hydroxyl groups is 1. The molecule has 0 saturated carbocycles. The van der Waals surface area contributed by atoms with Crippen LogP contribution >= 0.6 is 31.9 Å². The van der Waals surface area contributed by atoms with Crippen LogP contribution in [0.4, 0.5) is 0 Å². The molecule has 0 amide bonds. The average Bonchev–Trinajstić information content (AvgIpc) is 2.28. The van der Waals surface area contributed by atoms with Gasteiger partial charge in [-0.3, -0.25) is 0 Å². The van der Waals surface area contributed by atoms with E-state index >= 15 is 0 Å². The Hall–Kier alpha value is 0.0900. The van der Waals surface area contributed by atoms with Crippen LogP contribution in [0.5, 0.6) is 0 Å². The summed E-state index contributed by atoms with van der Waals surface area (Å²) in [6.07, 6.45) is -1.17. The van der Waals surface area contributed by atoms with Crippen LogP contribution in [0.3, 0.4) is 0 Å². The molecule has 1 aromatic carbocycles. The Morgan fingerprint density at radius 1 is 1.29 bits per heavy atom. The van der Waals surface area contributed by atoms with E-state index in [9.17, 15) is 13.5 Å². The Balaban J connectivity index is 3.12. The van der Waals surface area contributed by atoms with E-state index in [4.69, 9.17) is 0 Å². The molecule has 1 atom stereocenters. The first-order valence-electron chi connectivity index (χ1n) is 5.07. The minimum Gasteiger partial charge on any atom is -0.385 e. The van der Waals surface area contributed by atoms with Crippen LogP contribution < -0.4 is 0 Å². The third-order valence-corrected chi connectivity index (χ3v) is 8.15. The van der Waals surface area contributed by atoms with Crippen molar-refractivity contribution in [1.82, 2.24) is 0 Å². The first kappa shape index (κ1) is 15.1. The fraction of sp³-hybridized carbons (Fsp3) is 0.455. The minimum absolute atomic E-state index is 0.0631. The van der Waals surface area contributed by atoms with E-state index in [1.54, 1.807) is 12.1 Å². The van der Waals surface area contributed by atoms with Crippen molar-refractivity contribution in [3.63, 3.8) is 0 Å². The number of hydrogen-bond donors (Lipinski definition) is 1. The number of alkyl halides is 2. The summed E-state index contributed by atoms with van der Waals surface area (Å²) in [6, 6.07) is 7.07. The maximum absolute atomic E-state index is 11.8. The maximum Gasteiger partial charge on any atom is 0.210 e. The van der Waals surface area contributed by atoms with E-state index in [-0.39, 0.29) is 5.75 Å². The van der Waals surface area contributed by atoms with Gasteiger partial charge in [-0.1, -0.05) is 68.6 Å². The fourth-order valence-electron chi connectivity index (χ4n) is 1.31. The van der Waals surface area contributed by atoms with E-state index < -0.39 is 18.5 Å². The third-order valence-electron chi connectivity index (χ3n) is 2.51. The standard InChI is InChI=1S/C11H14Br2O3S/c1-3-17(15,16)11(12,13)10(14)9-6-4-8(2)5-7-9/h4-7,10,14H,3H2,1-2H3. The van der Waals surface area contributed by atoms with Gasteiger partial charge in [-0.25, -0.2) is 8.42 Å². The molecule has 0 spiro atoms. The molecule has 0 radical (unpaired) electrons. The number of aliphatic hydroxyl groups excluding tert-OH is 1. The van der Waals surface area contributed by atoms with Crippen molar-refractivity contribution in [2.24, 2.45) is 0 Å². The molecule has 3 nitrogen and oxygen atoms in total. The zero-order valence-electron chi connectivity index (χ0n) is 9.52. The molecule has 0 saturated heterocycles. The van der Waals surface area contributed by atoms with E-state index in [0.717, 1.165) is 5.56 Å². The van der Waals surface area contributed by atoms with Crippen LogP contribution in [-0.4, -0.2) is 21.8 Å². The maximum atomic E-state index is 11.8. The largest absolute Gasteiger partial charge is 0.385 e. The van der Waals surface area contributed by atoms with Gasteiger partial charge in [-0.2, -0.15) is 0 Å². The Kier molecular flexibility index (Phi) is 4.80. The second kappa shape index (κ2) is 5.38. The topological polar surface area (TPSA) is 54.4 Å². The normalized spacial score (nSPS) is 14.6. The first-order chi connectivity index (χ1) is 7.72. The van der Waals surface area contributed by atoms with Gasteiger partial charge in [0.25, 0.3) is 0 Å². The number of hydrogen-bond acceptors (Lipinski definition) is 3. The highest BCUT2D eigenvalue weighted by molar-refractivity contribution is 9.28. The van der Waals surface area contributed by atoms with E-state index in [1.807, 2.05) is 19.1 Å². The summed E-state index contributed by atoms with van der Waals surface area (Å²) in [4.78, 5) is 0. The van der Waals surface area contributed by atoms with E-state index in [0.29, 0.717) is 5.56 Å². The van der Waals surface area contributed by atoms with Crippen molar-refractivity contribution < 1.29 is 13.5 Å². The van der Waals surface area contributed by atoms with Crippen molar-refractivity contribution in [2.75, 3.05) is 5.75 Å². The number of rotatable bonds is 4. The van der Waals surface area contributed by atoms with Crippen molar-refractivity contribution in [3.05, 3.63) is 35.4 Å². The summed E-state index contributed by atoms with van der Waals surface area (Å²) in [5, 5.41) is 10.1. The van der Waals surface area contributed by atoms with Crippen molar-refractivity contribution in [2.45, 2.75) is 22.5 Å². The van der Waals surface area contributed by atoms with Gasteiger partial charge < -0.3 is 5.11 Å². The van der Waals surface area contributed by atoms with Crippen LogP contribution in [0.15, 0.2) is 24.3 Å². The molecule has 17 heavy (non-hydrogen) atoms. The molecule has 0 aliphatic rings. The monoisotopic (exact) mass is 384 g/mol. The van der Waals surface area contributed by atoms with Crippen molar-refractivity contribution >= 4 is 41.7 Å². The molecule has 0 fully saturated rings. The molecule has 1 aromatic rings. The minimum atomic E-state index is -3.47. The van der Waals surface area contributed by atoms with Gasteiger partial charge in [0.15, 0.2) is 9.84 Å². The summed E-state index contributed by atoms with van der Waals surface area (Å²) >= 11 is 6.13. The Morgan fingerprint density at radius 2 is 1.76 bits per heavy atom. The third kappa shape index (κ3) is 3.10. The SMILES string of the molecule is CCS(=O)(=O)C(Br)(Br)C(O)c1ccc(C)cc1. The van der Waals surface area contributed by atoms with Gasteiger partial charge in [0, 0.05) is 5.75 Å². The lowest BCUT2D eigenvalue weighted by atomic mass is 10.1. The Morgan fingerprint density at radius 3 is 2.18 bits per heavy atom. The van der Waals surface area contributed by atoms with Crippen LogP contribution in [0.1, 0.15) is 24.2 Å². The molecule has 0 heterocycles. The second-order valence-electron chi connectivity index (χ2n) is 3.78. The van der Waals surface area contributed by atoms with Crippen LogP contribution in [0.2, 0.25) is 0 Å². The van der Waals surface area contributed by atoms with Gasteiger partial charge in [0.05, 0.1) is 0 Å². The lowest BCUT2D eigenvalue weighted by Gasteiger charge is -2.26. The zero-order valence-corrected chi connectivity index (χ0v) is 13.5. The number of halogens is 2. The molecule has 1 rings (SSSR count). The average molecular weight is 386 g/mol. The quantitative estimate of drug-likeness (QED) is 0.810. The fourth-order valence-corrected chi connectivity index (χ4v) is 4.07. The molecule has 0 bridgehead atoms.